The maximum absolute atomic E-state index is 11.4. The number of nitrogens with two attached hydrogens (primary N) is 1. The van der Waals surface area contributed by atoms with Crippen molar-refractivity contribution in [2.24, 2.45) is 0 Å². The molecule has 0 atom stereocenters. The summed E-state index contributed by atoms with van der Waals surface area (Å²) in [6.45, 7) is 2.12. The summed E-state index contributed by atoms with van der Waals surface area (Å²) in [5.74, 6) is 0.0127. The molecule has 3 N–H and O–H groups in total. The van der Waals surface area contributed by atoms with Gasteiger partial charge in [0.15, 0.2) is 0 Å². The smallest absolute Gasteiger partial charge is 0.241 e. The molecule has 0 aliphatic heterocycles. The predicted octanol–water partition coefficient (Wildman–Crippen LogP) is 0.0523. The van der Waals surface area contributed by atoms with Gasteiger partial charge in [-0.05, 0) is 19.8 Å². The molecule has 1 fully saturated rings. The second-order valence-corrected chi connectivity index (χ2v) is 3.68. The van der Waals surface area contributed by atoms with Crippen molar-refractivity contribution in [1.82, 2.24) is 15.1 Å². The van der Waals surface area contributed by atoms with Crippen LogP contribution in [0.5, 0.6) is 0 Å². The predicted molar refractivity (Wildman–Crippen MR) is 52.5 cm³/mol. The van der Waals surface area contributed by atoms with E-state index in [9.17, 15) is 4.79 Å². The van der Waals surface area contributed by atoms with Gasteiger partial charge < -0.3 is 11.1 Å². The lowest BCUT2D eigenvalue weighted by Gasteiger charge is -2.05. The maximum atomic E-state index is 11.4. The van der Waals surface area contributed by atoms with Gasteiger partial charge in [-0.2, -0.15) is 5.10 Å². The summed E-state index contributed by atoms with van der Waals surface area (Å²) < 4.78 is 1.62. The van der Waals surface area contributed by atoms with Gasteiger partial charge >= 0.3 is 0 Å². The normalized spacial score (nSPS) is 15.5. The standard InChI is InChI=1S/C9H14N4O/c1-6-8(10)4-11-13(6)5-9(14)12-7-2-3-7/h4,7H,2-3,5,10H2,1H3,(H,12,14). The van der Waals surface area contributed by atoms with E-state index in [1.165, 1.54) is 0 Å². The third kappa shape index (κ3) is 1.86. The number of nitrogens with one attached hydrogen (secondary N) is 1. The molecule has 0 bridgehead atoms. The number of nitrogen functional groups attached to an aromatic ring is 1. The van der Waals surface area contributed by atoms with Crippen molar-refractivity contribution in [3.8, 4) is 0 Å². The molecule has 2 rings (SSSR count). The molecule has 0 unspecified atom stereocenters. The minimum absolute atomic E-state index is 0.0127. The highest BCUT2D eigenvalue weighted by atomic mass is 16.2. The Hall–Kier alpha value is -1.52. The lowest BCUT2D eigenvalue weighted by Crippen LogP contribution is -2.29. The van der Waals surface area contributed by atoms with E-state index in [4.69, 9.17) is 5.73 Å². The molecule has 1 heterocycles. The minimum Gasteiger partial charge on any atom is -0.396 e. The van der Waals surface area contributed by atoms with Crippen LogP contribution in [-0.4, -0.2) is 21.7 Å². The zero-order valence-electron chi connectivity index (χ0n) is 8.16. The molecule has 14 heavy (non-hydrogen) atoms. The lowest BCUT2D eigenvalue weighted by atomic mass is 10.4. The van der Waals surface area contributed by atoms with Crippen LogP contribution in [0.1, 0.15) is 18.5 Å². The number of hydrogen-bond acceptors (Lipinski definition) is 3. The molecule has 1 aliphatic carbocycles. The van der Waals surface area contributed by atoms with Crippen LogP contribution in [0, 0.1) is 6.92 Å². The van der Waals surface area contributed by atoms with E-state index < -0.39 is 0 Å². The Labute approximate surface area is 82.3 Å². The number of carbonyl (C=O) groups excluding carboxylic acids is 1. The monoisotopic (exact) mass is 194 g/mol. The van der Waals surface area contributed by atoms with Crippen LogP contribution >= 0.6 is 0 Å². The van der Waals surface area contributed by atoms with E-state index in [-0.39, 0.29) is 12.5 Å². The zero-order valence-corrected chi connectivity index (χ0v) is 8.16. The fourth-order valence-electron chi connectivity index (χ4n) is 1.26. The number of nitrogens with zero attached hydrogens (tertiary/aromatic N) is 2. The molecule has 76 valence electrons. The number of hydrogen-bond donors (Lipinski definition) is 2. The van der Waals surface area contributed by atoms with Gasteiger partial charge in [0.1, 0.15) is 6.54 Å². The summed E-state index contributed by atoms with van der Waals surface area (Å²) in [6.07, 6.45) is 3.78. The molecule has 1 amide bonds. The zero-order chi connectivity index (χ0) is 10.1. The summed E-state index contributed by atoms with van der Waals surface area (Å²) >= 11 is 0. The van der Waals surface area contributed by atoms with Gasteiger partial charge in [0.05, 0.1) is 17.6 Å². The van der Waals surface area contributed by atoms with Gasteiger partial charge in [0.2, 0.25) is 5.91 Å². The second kappa shape index (κ2) is 3.32. The van der Waals surface area contributed by atoms with Gasteiger partial charge in [-0.25, -0.2) is 0 Å². The number of anilines is 1. The Balaban J connectivity index is 1.95. The van der Waals surface area contributed by atoms with E-state index in [0.717, 1.165) is 18.5 Å². The van der Waals surface area contributed by atoms with E-state index in [0.29, 0.717) is 11.7 Å². The van der Waals surface area contributed by atoms with E-state index in [1.54, 1.807) is 10.9 Å². The van der Waals surface area contributed by atoms with Gasteiger partial charge in [-0.15, -0.1) is 0 Å². The van der Waals surface area contributed by atoms with Crippen LogP contribution in [0.25, 0.3) is 0 Å². The first-order valence-electron chi connectivity index (χ1n) is 4.74. The molecule has 5 heteroatoms. The number of rotatable bonds is 3. The molecule has 0 saturated heterocycles. The Bertz CT molecular complexity index is 354. The number of amides is 1. The molecule has 1 aliphatic rings. The molecule has 0 aromatic carbocycles. The fraction of sp³-hybridized carbons (Fsp3) is 0.556. The third-order valence-electron chi connectivity index (χ3n) is 2.38. The van der Waals surface area contributed by atoms with Gasteiger partial charge in [0.25, 0.3) is 0 Å². The first kappa shape index (κ1) is 9.05. The average molecular weight is 194 g/mol. The van der Waals surface area contributed by atoms with Gasteiger partial charge in [0, 0.05) is 6.04 Å². The van der Waals surface area contributed by atoms with Crippen LogP contribution < -0.4 is 11.1 Å². The highest BCUT2D eigenvalue weighted by molar-refractivity contribution is 5.76. The van der Waals surface area contributed by atoms with Crippen molar-refractivity contribution < 1.29 is 4.79 Å². The molecule has 0 spiro atoms. The van der Waals surface area contributed by atoms with Gasteiger partial charge in [-0.3, -0.25) is 9.48 Å². The first-order valence-corrected chi connectivity index (χ1v) is 4.74. The van der Waals surface area contributed by atoms with Crippen molar-refractivity contribution in [2.75, 3.05) is 5.73 Å². The largest absolute Gasteiger partial charge is 0.396 e. The highest BCUT2D eigenvalue weighted by Crippen LogP contribution is 2.18. The van der Waals surface area contributed by atoms with Crippen molar-refractivity contribution in [1.29, 1.82) is 0 Å². The third-order valence-corrected chi connectivity index (χ3v) is 2.38. The van der Waals surface area contributed by atoms with E-state index >= 15 is 0 Å². The summed E-state index contributed by atoms with van der Waals surface area (Å²) in [4.78, 5) is 11.4. The van der Waals surface area contributed by atoms with Crippen molar-refractivity contribution in [2.45, 2.75) is 32.4 Å². The number of aromatic nitrogens is 2. The van der Waals surface area contributed by atoms with Crippen molar-refractivity contribution in [3.05, 3.63) is 11.9 Å². The van der Waals surface area contributed by atoms with E-state index in [2.05, 4.69) is 10.4 Å². The fourth-order valence-corrected chi connectivity index (χ4v) is 1.26. The quantitative estimate of drug-likeness (QED) is 0.714. The van der Waals surface area contributed by atoms with Crippen molar-refractivity contribution in [3.63, 3.8) is 0 Å². The Morgan fingerprint density at radius 1 is 1.79 bits per heavy atom. The van der Waals surface area contributed by atoms with E-state index in [1.807, 2.05) is 6.92 Å². The molecule has 5 nitrogen and oxygen atoms in total. The lowest BCUT2D eigenvalue weighted by molar-refractivity contribution is -0.122. The topological polar surface area (TPSA) is 72.9 Å². The van der Waals surface area contributed by atoms with Crippen LogP contribution in [0.4, 0.5) is 5.69 Å². The van der Waals surface area contributed by atoms with Gasteiger partial charge in [-0.1, -0.05) is 0 Å². The summed E-state index contributed by atoms with van der Waals surface area (Å²) in [5, 5.41) is 6.91. The summed E-state index contributed by atoms with van der Waals surface area (Å²) in [5.41, 5.74) is 7.09. The molecule has 1 aromatic rings. The van der Waals surface area contributed by atoms with Crippen LogP contribution in [0.15, 0.2) is 6.20 Å². The SMILES string of the molecule is Cc1c(N)cnn1CC(=O)NC1CC1. The van der Waals surface area contributed by atoms with Crippen LogP contribution in [0.3, 0.4) is 0 Å². The highest BCUT2D eigenvalue weighted by Gasteiger charge is 2.23. The second-order valence-electron chi connectivity index (χ2n) is 3.68. The number of carbonyl (C=O) groups is 1. The Kier molecular flexibility index (Phi) is 2.15. The maximum Gasteiger partial charge on any atom is 0.241 e. The molecule has 0 radical (unpaired) electrons. The average Bonchev–Trinajstić information content (AvgIpc) is 2.89. The Morgan fingerprint density at radius 2 is 2.50 bits per heavy atom. The first-order chi connectivity index (χ1) is 6.66. The Morgan fingerprint density at radius 3 is 3.00 bits per heavy atom. The van der Waals surface area contributed by atoms with Crippen LogP contribution in [0.2, 0.25) is 0 Å². The molecular weight excluding hydrogens is 180 g/mol. The molecule has 1 saturated carbocycles. The van der Waals surface area contributed by atoms with Crippen LogP contribution in [-0.2, 0) is 11.3 Å². The molecular formula is C9H14N4O. The summed E-state index contributed by atoms with van der Waals surface area (Å²) in [6, 6.07) is 0.399. The summed E-state index contributed by atoms with van der Waals surface area (Å²) in [7, 11) is 0. The minimum atomic E-state index is 0.0127. The molecule has 1 aromatic heterocycles. The van der Waals surface area contributed by atoms with Crippen molar-refractivity contribution >= 4 is 11.6 Å².